The Morgan fingerprint density at radius 3 is 2.68 bits per heavy atom. The van der Waals surface area contributed by atoms with E-state index in [1.807, 2.05) is 6.08 Å². The van der Waals surface area contributed by atoms with E-state index in [0.717, 1.165) is 32.1 Å². The summed E-state index contributed by atoms with van der Waals surface area (Å²) < 4.78 is 0. The van der Waals surface area contributed by atoms with E-state index < -0.39 is 0 Å². The lowest BCUT2D eigenvalue weighted by molar-refractivity contribution is -0.136. The van der Waals surface area contributed by atoms with Crippen molar-refractivity contribution in [2.45, 2.75) is 66.7 Å². The molecule has 2 nitrogen and oxygen atoms in total. The van der Waals surface area contributed by atoms with Gasteiger partial charge in [-0.2, -0.15) is 0 Å². The largest absolute Gasteiger partial charge is 0.392 e. The fourth-order valence-corrected chi connectivity index (χ4v) is 5.24. The van der Waals surface area contributed by atoms with Crippen LogP contribution in [0.4, 0.5) is 0 Å². The maximum atomic E-state index is 12.4. The van der Waals surface area contributed by atoms with Crippen LogP contribution in [0.25, 0.3) is 0 Å². The van der Waals surface area contributed by atoms with Crippen molar-refractivity contribution >= 4 is 5.78 Å². The molecule has 124 valence electrons. The zero-order chi connectivity index (χ0) is 16.5. The van der Waals surface area contributed by atoms with Crippen LogP contribution in [0.2, 0.25) is 0 Å². The van der Waals surface area contributed by atoms with Crippen LogP contribution in [-0.2, 0) is 4.79 Å². The number of rotatable bonds is 4. The Morgan fingerprint density at radius 2 is 2.05 bits per heavy atom. The van der Waals surface area contributed by atoms with Gasteiger partial charge in [0.25, 0.3) is 0 Å². The molecule has 3 unspecified atom stereocenters. The summed E-state index contributed by atoms with van der Waals surface area (Å²) in [7, 11) is 0. The van der Waals surface area contributed by atoms with Crippen molar-refractivity contribution in [1.29, 1.82) is 0 Å². The van der Waals surface area contributed by atoms with Crippen molar-refractivity contribution in [2.24, 2.45) is 22.7 Å². The molecular formula is C20H32O2. The fraction of sp³-hybridized carbons (Fsp3) is 0.750. The van der Waals surface area contributed by atoms with Crippen LogP contribution in [0.15, 0.2) is 23.3 Å². The lowest BCUT2D eigenvalue weighted by Crippen LogP contribution is -2.51. The van der Waals surface area contributed by atoms with Crippen LogP contribution in [0.3, 0.4) is 0 Å². The molecule has 1 N–H and O–H groups in total. The number of carbonyl (C=O) groups is 1. The molecule has 0 amide bonds. The van der Waals surface area contributed by atoms with Gasteiger partial charge in [-0.15, -0.1) is 0 Å². The van der Waals surface area contributed by atoms with Gasteiger partial charge in [0.05, 0.1) is 6.61 Å². The van der Waals surface area contributed by atoms with E-state index in [1.165, 1.54) is 11.1 Å². The second kappa shape index (κ2) is 6.31. The Bertz CT molecular complexity index is 498. The molecule has 2 aliphatic carbocycles. The van der Waals surface area contributed by atoms with E-state index in [1.54, 1.807) is 0 Å². The van der Waals surface area contributed by atoms with Crippen LogP contribution in [-0.4, -0.2) is 17.5 Å². The molecule has 0 aromatic rings. The van der Waals surface area contributed by atoms with Crippen molar-refractivity contribution in [3.63, 3.8) is 0 Å². The predicted octanol–water partition coefficient (Wildman–Crippen LogP) is 4.68. The molecule has 2 aliphatic rings. The first kappa shape index (κ1) is 17.5. The standard InChI is InChI=1S/C20H32O2/c1-14(10-11-21)6-8-17-15(2)7-9-18-19(3,4)12-16(22)13-20(17,18)5/h7,10,17-18,21H,6,8-9,11-13H2,1-5H3. The normalized spacial score (nSPS) is 35.1. The minimum Gasteiger partial charge on any atom is -0.392 e. The number of hydrogen-bond donors (Lipinski definition) is 1. The Morgan fingerprint density at radius 1 is 1.36 bits per heavy atom. The lowest BCUT2D eigenvalue weighted by Gasteiger charge is -2.56. The van der Waals surface area contributed by atoms with E-state index in [-0.39, 0.29) is 17.4 Å². The quantitative estimate of drug-likeness (QED) is 0.765. The minimum absolute atomic E-state index is 0.0944. The van der Waals surface area contributed by atoms with Gasteiger partial charge in [-0.25, -0.2) is 0 Å². The van der Waals surface area contributed by atoms with Crippen molar-refractivity contribution in [2.75, 3.05) is 6.61 Å². The molecule has 0 spiro atoms. The number of carbonyl (C=O) groups excluding carboxylic acids is 1. The molecule has 0 aromatic heterocycles. The average Bonchev–Trinajstić information content (AvgIpc) is 2.35. The molecule has 0 aromatic carbocycles. The first-order valence-electron chi connectivity index (χ1n) is 8.65. The third kappa shape index (κ3) is 3.22. The van der Waals surface area contributed by atoms with E-state index in [9.17, 15) is 4.79 Å². The highest BCUT2D eigenvalue weighted by Crippen LogP contribution is 2.59. The maximum Gasteiger partial charge on any atom is 0.134 e. The van der Waals surface area contributed by atoms with E-state index in [4.69, 9.17) is 5.11 Å². The van der Waals surface area contributed by atoms with E-state index in [2.05, 4.69) is 40.7 Å². The van der Waals surface area contributed by atoms with E-state index >= 15 is 0 Å². The summed E-state index contributed by atoms with van der Waals surface area (Å²) in [6, 6.07) is 0. The summed E-state index contributed by atoms with van der Waals surface area (Å²) in [6.45, 7) is 11.3. The second-order valence-corrected chi connectivity index (χ2v) is 8.45. The molecule has 0 radical (unpaired) electrons. The highest BCUT2D eigenvalue weighted by molar-refractivity contribution is 5.81. The molecule has 0 saturated heterocycles. The molecule has 0 bridgehead atoms. The smallest absolute Gasteiger partial charge is 0.134 e. The van der Waals surface area contributed by atoms with Gasteiger partial charge in [0, 0.05) is 12.8 Å². The molecule has 2 rings (SSSR count). The SMILES string of the molecule is CC(=CCO)CCC1C(C)=CCC2C(C)(C)CC(=O)CC12C. The molecule has 0 heterocycles. The Kier molecular flexibility index (Phi) is 5.01. The summed E-state index contributed by atoms with van der Waals surface area (Å²) in [6.07, 6.45) is 8.99. The highest BCUT2D eigenvalue weighted by atomic mass is 16.2. The van der Waals surface area contributed by atoms with Gasteiger partial charge >= 0.3 is 0 Å². The molecule has 22 heavy (non-hydrogen) atoms. The third-order valence-corrected chi connectivity index (χ3v) is 6.26. The van der Waals surface area contributed by atoms with Crippen LogP contribution in [0, 0.1) is 22.7 Å². The number of ketones is 1. The summed E-state index contributed by atoms with van der Waals surface area (Å²) in [5.74, 6) is 1.51. The first-order valence-corrected chi connectivity index (χ1v) is 8.65. The Hall–Kier alpha value is -0.890. The number of fused-ring (bicyclic) bond motifs is 1. The summed E-state index contributed by atoms with van der Waals surface area (Å²) in [5, 5.41) is 9.03. The second-order valence-electron chi connectivity index (χ2n) is 8.45. The van der Waals surface area contributed by atoms with Gasteiger partial charge in [-0.3, -0.25) is 4.79 Å². The number of Topliss-reactive ketones (excluding diaryl/α,β-unsaturated/α-hetero) is 1. The van der Waals surface area contributed by atoms with Gasteiger partial charge in [-0.1, -0.05) is 44.1 Å². The summed E-state index contributed by atoms with van der Waals surface area (Å²) >= 11 is 0. The van der Waals surface area contributed by atoms with Crippen molar-refractivity contribution in [3.8, 4) is 0 Å². The van der Waals surface area contributed by atoms with Crippen LogP contribution in [0.5, 0.6) is 0 Å². The molecule has 1 fully saturated rings. The lowest BCUT2D eigenvalue weighted by atomic mass is 9.48. The van der Waals surface area contributed by atoms with Crippen molar-refractivity contribution in [3.05, 3.63) is 23.3 Å². The maximum absolute atomic E-state index is 12.4. The third-order valence-electron chi connectivity index (χ3n) is 6.26. The minimum atomic E-state index is 0.0944. The molecule has 1 saturated carbocycles. The molecular weight excluding hydrogens is 272 g/mol. The number of aliphatic hydroxyl groups is 1. The predicted molar refractivity (Wildman–Crippen MR) is 91.6 cm³/mol. The van der Waals surface area contributed by atoms with Gasteiger partial charge in [0.2, 0.25) is 0 Å². The zero-order valence-corrected chi connectivity index (χ0v) is 14.9. The Balaban J connectivity index is 2.27. The van der Waals surface area contributed by atoms with Crippen molar-refractivity contribution < 1.29 is 9.90 Å². The Labute approximate surface area is 135 Å². The van der Waals surface area contributed by atoms with Gasteiger partial charge in [0.15, 0.2) is 0 Å². The first-order chi connectivity index (χ1) is 10.2. The number of allylic oxidation sites excluding steroid dienone is 3. The van der Waals surface area contributed by atoms with Crippen LogP contribution < -0.4 is 0 Å². The summed E-state index contributed by atoms with van der Waals surface area (Å²) in [5.41, 5.74) is 2.91. The highest BCUT2D eigenvalue weighted by Gasteiger charge is 2.53. The number of hydrogen-bond acceptors (Lipinski definition) is 2. The zero-order valence-electron chi connectivity index (χ0n) is 14.9. The fourth-order valence-electron chi connectivity index (χ4n) is 5.24. The average molecular weight is 304 g/mol. The van der Waals surface area contributed by atoms with Crippen molar-refractivity contribution in [1.82, 2.24) is 0 Å². The van der Waals surface area contributed by atoms with Gasteiger partial charge < -0.3 is 5.11 Å². The molecule has 3 atom stereocenters. The summed E-state index contributed by atoms with van der Waals surface area (Å²) in [4.78, 5) is 12.4. The van der Waals surface area contributed by atoms with Crippen LogP contribution in [0.1, 0.15) is 66.7 Å². The number of aliphatic hydroxyl groups excluding tert-OH is 1. The topological polar surface area (TPSA) is 37.3 Å². The van der Waals surface area contributed by atoms with E-state index in [0.29, 0.717) is 17.6 Å². The molecule has 0 aliphatic heterocycles. The van der Waals surface area contributed by atoms with Crippen LogP contribution >= 0.6 is 0 Å². The van der Waals surface area contributed by atoms with Gasteiger partial charge in [-0.05, 0) is 55.8 Å². The monoisotopic (exact) mass is 304 g/mol. The molecule has 2 heteroatoms. The van der Waals surface area contributed by atoms with Gasteiger partial charge in [0.1, 0.15) is 5.78 Å².